The molecule has 0 heterocycles. The summed E-state index contributed by atoms with van der Waals surface area (Å²) in [6.45, 7) is 3.51. The lowest BCUT2D eigenvalue weighted by molar-refractivity contribution is -0.147. The van der Waals surface area contributed by atoms with Gasteiger partial charge in [-0.25, -0.2) is 4.79 Å². The van der Waals surface area contributed by atoms with Crippen molar-refractivity contribution in [3.8, 4) is 5.75 Å². The van der Waals surface area contributed by atoms with Crippen LogP contribution < -0.4 is 10.5 Å². The second-order valence-corrected chi connectivity index (χ2v) is 3.61. The quantitative estimate of drug-likeness (QED) is 0.788. The van der Waals surface area contributed by atoms with E-state index in [1.807, 2.05) is 25.1 Å². The van der Waals surface area contributed by atoms with Gasteiger partial charge in [-0.05, 0) is 19.9 Å². The Kier molecular flexibility index (Phi) is 4.31. The molecular formula is C12H17NO3. The van der Waals surface area contributed by atoms with Crippen LogP contribution in [-0.2, 0) is 9.53 Å². The Morgan fingerprint density at radius 1 is 1.31 bits per heavy atom. The normalized spacial score (nSPS) is 14.0. The Balaban J connectivity index is 2.84. The van der Waals surface area contributed by atoms with Crippen molar-refractivity contribution < 1.29 is 14.3 Å². The molecule has 2 unspecified atom stereocenters. The summed E-state index contributed by atoms with van der Waals surface area (Å²) in [5, 5.41) is 0. The fourth-order valence-electron chi connectivity index (χ4n) is 1.37. The Hall–Kier alpha value is -1.55. The van der Waals surface area contributed by atoms with Crippen molar-refractivity contribution in [3.63, 3.8) is 0 Å². The molecule has 88 valence electrons. The highest BCUT2D eigenvalue weighted by Crippen LogP contribution is 2.24. The molecule has 0 aliphatic rings. The molecule has 0 bridgehead atoms. The molecule has 4 nitrogen and oxygen atoms in total. The van der Waals surface area contributed by atoms with Crippen molar-refractivity contribution in [3.05, 3.63) is 29.8 Å². The van der Waals surface area contributed by atoms with E-state index in [-0.39, 0.29) is 6.04 Å². The summed E-state index contributed by atoms with van der Waals surface area (Å²) in [7, 11) is 1.33. The summed E-state index contributed by atoms with van der Waals surface area (Å²) in [5.74, 6) is 0.217. The smallest absolute Gasteiger partial charge is 0.346 e. The molecule has 0 aliphatic carbocycles. The van der Waals surface area contributed by atoms with E-state index in [9.17, 15) is 4.79 Å². The molecule has 1 rings (SSSR count). The molecule has 0 fully saturated rings. The summed E-state index contributed by atoms with van der Waals surface area (Å²) in [5.41, 5.74) is 6.68. The molecule has 1 aromatic carbocycles. The molecule has 16 heavy (non-hydrogen) atoms. The lowest BCUT2D eigenvalue weighted by atomic mass is 10.1. The van der Waals surface area contributed by atoms with Gasteiger partial charge in [0.2, 0.25) is 0 Å². The van der Waals surface area contributed by atoms with Gasteiger partial charge in [-0.1, -0.05) is 18.2 Å². The van der Waals surface area contributed by atoms with Crippen molar-refractivity contribution in [2.75, 3.05) is 7.11 Å². The zero-order chi connectivity index (χ0) is 12.1. The van der Waals surface area contributed by atoms with E-state index < -0.39 is 12.1 Å². The summed E-state index contributed by atoms with van der Waals surface area (Å²) in [6.07, 6.45) is -0.634. The summed E-state index contributed by atoms with van der Waals surface area (Å²) in [6, 6.07) is 7.25. The predicted molar refractivity (Wildman–Crippen MR) is 61.2 cm³/mol. The van der Waals surface area contributed by atoms with Crippen LogP contribution >= 0.6 is 0 Å². The minimum Gasteiger partial charge on any atom is -0.479 e. The van der Waals surface area contributed by atoms with Crippen LogP contribution in [0.5, 0.6) is 5.75 Å². The molecule has 0 amide bonds. The number of hydrogen-bond donors (Lipinski definition) is 1. The number of esters is 1. The van der Waals surface area contributed by atoms with Gasteiger partial charge in [-0.15, -0.1) is 0 Å². The largest absolute Gasteiger partial charge is 0.479 e. The molecule has 1 aromatic rings. The zero-order valence-electron chi connectivity index (χ0n) is 9.77. The Morgan fingerprint density at radius 2 is 1.94 bits per heavy atom. The first-order valence-corrected chi connectivity index (χ1v) is 5.15. The van der Waals surface area contributed by atoms with E-state index in [2.05, 4.69) is 4.74 Å². The molecule has 0 spiro atoms. The van der Waals surface area contributed by atoms with E-state index >= 15 is 0 Å². The van der Waals surface area contributed by atoms with Crippen molar-refractivity contribution >= 4 is 5.97 Å². The SMILES string of the molecule is COC(=O)C(C)Oc1ccccc1C(C)N. The van der Waals surface area contributed by atoms with Crippen LogP contribution in [0.25, 0.3) is 0 Å². The van der Waals surface area contributed by atoms with Gasteiger partial charge in [0.1, 0.15) is 5.75 Å². The highest BCUT2D eigenvalue weighted by Gasteiger charge is 2.17. The van der Waals surface area contributed by atoms with Gasteiger partial charge >= 0.3 is 5.97 Å². The fourth-order valence-corrected chi connectivity index (χ4v) is 1.37. The maximum absolute atomic E-state index is 11.2. The second-order valence-electron chi connectivity index (χ2n) is 3.61. The number of benzene rings is 1. The van der Waals surface area contributed by atoms with Crippen molar-refractivity contribution in [2.45, 2.75) is 26.0 Å². The Labute approximate surface area is 95.3 Å². The predicted octanol–water partition coefficient (Wildman–Crippen LogP) is 1.65. The Bertz CT molecular complexity index is 363. The van der Waals surface area contributed by atoms with Crippen LogP contribution in [0.15, 0.2) is 24.3 Å². The van der Waals surface area contributed by atoms with E-state index in [1.165, 1.54) is 7.11 Å². The number of nitrogens with two attached hydrogens (primary N) is 1. The minimum absolute atomic E-state index is 0.138. The topological polar surface area (TPSA) is 61.5 Å². The monoisotopic (exact) mass is 223 g/mol. The average Bonchev–Trinajstić information content (AvgIpc) is 2.28. The van der Waals surface area contributed by atoms with Gasteiger partial charge in [0.25, 0.3) is 0 Å². The van der Waals surface area contributed by atoms with Crippen LogP contribution in [0.2, 0.25) is 0 Å². The molecule has 2 N–H and O–H groups in total. The molecule has 0 radical (unpaired) electrons. The van der Waals surface area contributed by atoms with E-state index in [1.54, 1.807) is 13.0 Å². The highest BCUT2D eigenvalue weighted by atomic mass is 16.6. The van der Waals surface area contributed by atoms with Crippen LogP contribution in [-0.4, -0.2) is 19.2 Å². The number of para-hydroxylation sites is 1. The van der Waals surface area contributed by atoms with Crippen LogP contribution in [0.1, 0.15) is 25.5 Å². The van der Waals surface area contributed by atoms with Crippen LogP contribution in [0.4, 0.5) is 0 Å². The molecule has 0 aromatic heterocycles. The standard InChI is InChI=1S/C12H17NO3/c1-8(13)10-6-4-5-7-11(10)16-9(2)12(14)15-3/h4-9H,13H2,1-3H3. The van der Waals surface area contributed by atoms with Crippen molar-refractivity contribution in [1.82, 2.24) is 0 Å². The molecule has 4 heteroatoms. The summed E-state index contributed by atoms with van der Waals surface area (Å²) >= 11 is 0. The van der Waals surface area contributed by atoms with Gasteiger partial charge in [0.05, 0.1) is 7.11 Å². The maximum Gasteiger partial charge on any atom is 0.346 e. The molecule has 0 saturated carbocycles. The molecular weight excluding hydrogens is 206 g/mol. The third kappa shape index (κ3) is 2.97. The maximum atomic E-state index is 11.2. The first-order valence-electron chi connectivity index (χ1n) is 5.15. The summed E-state index contributed by atoms with van der Waals surface area (Å²) in [4.78, 5) is 11.2. The lowest BCUT2D eigenvalue weighted by Gasteiger charge is -2.17. The lowest BCUT2D eigenvalue weighted by Crippen LogP contribution is -2.25. The van der Waals surface area contributed by atoms with Crippen molar-refractivity contribution in [2.24, 2.45) is 5.73 Å². The number of ether oxygens (including phenoxy) is 2. The van der Waals surface area contributed by atoms with Gasteiger partial charge in [-0.3, -0.25) is 0 Å². The van der Waals surface area contributed by atoms with Gasteiger partial charge in [0, 0.05) is 11.6 Å². The number of carbonyl (C=O) groups is 1. The number of hydrogen-bond acceptors (Lipinski definition) is 4. The highest BCUT2D eigenvalue weighted by molar-refractivity contribution is 5.74. The molecule has 0 saturated heterocycles. The van der Waals surface area contributed by atoms with Crippen molar-refractivity contribution in [1.29, 1.82) is 0 Å². The number of carbonyl (C=O) groups excluding carboxylic acids is 1. The molecule has 0 aliphatic heterocycles. The fraction of sp³-hybridized carbons (Fsp3) is 0.417. The van der Waals surface area contributed by atoms with Crippen LogP contribution in [0.3, 0.4) is 0 Å². The first kappa shape index (κ1) is 12.5. The van der Waals surface area contributed by atoms with E-state index in [4.69, 9.17) is 10.5 Å². The van der Waals surface area contributed by atoms with Crippen LogP contribution in [0, 0.1) is 0 Å². The Morgan fingerprint density at radius 3 is 2.50 bits per heavy atom. The van der Waals surface area contributed by atoms with Gasteiger partial charge < -0.3 is 15.2 Å². The third-order valence-electron chi connectivity index (χ3n) is 2.25. The second kappa shape index (κ2) is 5.51. The minimum atomic E-state index is -0.634. The first-order chi connectivity index (χ1) is 7.56. The number of rotatable bonds is 4. The number of methoxy groups -OCH3 is 1. The van der Waals surface area contributed by atoms with E-state index in [0.29, 0.717) is 5.75 Å². The van der Waals surface area contributed by atoms with E-state index in [0.717, 1.165) is 5.56 Å². The van der Waals surface area contributed by atoms with Gasteiger partial charge in [-0.2, -0.15) is 0 Å². The molecule has 2 atom stereocenters. The van der Waals surface area contributed by atoms with Gasteiger partial charge in [0.15, 0.2) is 6.10 Å². The summed E-state index contributed by atoms with van der Waals surface area (Å²) < 4.78 is 10.1. The third-order valence-corrected chi connectivity index (χ3v) is 2.25. The zero-order valence-corrected chi connectivity index (χ0v) is 9.77. The average molecular weight is 223 g/mol.